The second-order valence-electron chi connectivity index (χ2n) is 1.90. The Morgan fingerprint density at radius 1 is 1.58 bits per heavy atom. The molecular weight excluding hydrogens is 175 g/mol. The first kappa shape index (κ1) is 8.57. The maximum absolute atomic E-state index is 11.8. The second kappa shape index (κ2) is 2.84. The molecule has 0 unspecified atom stereocenters. The quantitative estimate of drug-likeness (QED) is 0.686. The fourth-order valence-electron chi connectivity index (χ4n) is 0.604. The Labute approximate surface area is 65.0 Å². The van der Waals surface area contributed by atoms with Crippen LogP contribution in [-0.4, -0.2) is 16.2 Å². The topological polar surface area (TPSA) is 46.9 Å². The zero-order chi connectivity index (χ0) is 9.19. The molecule has 0 spiro atoms. The number of hydrogen-bond acceptors (Lipinski definition) is 2. The van der Waals surface area contributed by atoms with E-state index in [9.17, 15) is 18.0 Å². The Balaban J connectivity index is 2.84. The highest BCUT2D eigenvalue weighted by Crippen LogP contribution is 2.22. The summed E-state index contributed by atoms with van der Waals surface area (Å²) < 4.78 is 35.3. The Morgan fingerprint density at radius 2 is 2.25 bits per heavy atom. The van der Waals surface area contributed by atoms with Gasteiger partial charge in [0.25, 0.3) is 0 Å². The van der Waals surface area contributed by atoms with Crippen LogP contribution in [0, 0.1) is 0 Å². The summed E-state index contributed by atoms with van der Waals surface area (Å²) in [6, 6.07) is 0. The van der Waals surface area contributed by atoms with Gasteiger partial charge < -0.3 is 5.32 Å². The van der Waals surface area contributed by atoms with Gasteiger partial charge in [-0.2, -0.15) is 9.78 Å². The Hall–Kier alpha value is -1.53. The van der Waals surface area contributed by atoms with Gasteiger partial charge in [-0.1, -0.05) is 0 Å². The van der Waals surface area contributed by atoms with Crippen molar-refractivity contribution >= 4 is 12.1 Å². The molecule has 7 heteroatoms. The van der Waals surface area contributed by atoms with Crippen molar-refractivity contribution in [2.45, 2.75) is 6.30 Å². The van der Waals surface area contributed by atoms with Crippen LogP contribution in [0.4, 0.5) is 18.9 Å². The van der Waals surface area contributed by atoms with E-state index in [1.807, 2.05) is 5.32 Å². The van der Waals surface area contributed by atoms with Crippen LogP contribution in [-0.2, 0) is 11.1 Å². The number of anilines is 1. The lowest BCUT2D eigenvalue weighted by molar-refractivity contribution is -0.212. The number of rotatable bonds is 2. The van der Waals surface area contributed by atoms with Gasteiger partial charge >= 0.3 is 6.30 Å². The molecule has 4 nitrogen and oxygen atoms in total. The van der Waals surface area contributed by atoms with Crippen LogP contribution in [0.15, 0.2) is 12.4 Å². The molecule has 0 atom stereocenters. The number of nitrogens with zero attached hydrogens (tertiary/aromatic N) is 2. The van der Waals surface area contributed by atoms with Crippen molar-refractivity contribution in [1.29, 1.82) is 0 Å². The van der Waals surface area contributed by atoms with Crippen LogP contribution in [0.3, 0.4) is 0 Å². The van der Waals surface area contributed by atoms with Gasteiger partial charge in [-0.15, -0.1) is 13.2 Å². The number of hydrogen-bond donors (Lipinski definition) is 1. The molecule has 0 aromatic carbocycles. The summed E-state index contributed by atoms with van der Waals surface area (Å²) in [6.07, 6.45) is -2.68. The average Bonchev–Trinajstić information content (AvgIpc) is 2.35. The van der Waals surface area contributed by atoms with Gasteiger partial charge in [0.2, 0.25) is 6.41 Å². The van der Waals surface area contributed by atoms with Crippen molar-refractivity contribution in [2.24, 2.45) is 0 Å². The van der Waals surface area contributed by atoms with Crippen LogP contribution < -0.4 is 5.32 Å². The number of carbonyl (C=O) groups excluding carboxylic acids is 1. The third-order valence-electron chi connectivity index (χ3n) is 1.07. The highest BCUT2D eigenvalue weighted by molar-refractivity contribution is 5.69. The molecule has 1 N–H and O–H groups in total. The number of aromatic nitrogens is 2. The lowest BCUT2D eigenvalue weighted by Gasteiger charge is -2.03. The molecule has 0 bridgehead atoms. The van der Waals surface area contributed by atoms with E-state index in [-0.39, 0.29) is 16.8 Å². The first-order valence-electron chi connectivity index (χ1n) is 2.86. The van der Waals surface area contributed by atoms with Crippen LogP contribution in [0.5, 0.6) is 0 Å². The molecule has 1 aromatic rings. The van der Waals surface area contributed by atoms with E-state index in [1.54, 1.807) is 0 Å². The smallest absolute Gasteiger partial charge is 0.326 e. The van der Waals surface area contributed by atoms with Crippen LogP contribution in [0.1, 0.15) is 0 Å². The number of amides is 1. The summed E-state index contributed by atoms with van der Waals surface area (Å²) in [6.45, 7) is 0. The summed E-state index contributed by atoms with van der Waals surface area (Å²) in [4.78, 5) is 9.80. The molecule has 0 saturated heterocycles. The van der Waals surface area contributed by atoms with Gasteiger partial charge in [-0.25, -0.2) is 0 Å². The monoisotopic (exact) mass is 179 g/mol. The zero-order valence-electron chi connectivity index (χ0n) is 5.67. The molecule has 0 saturated carbocycles. The minimum Gasteiger partial charge on any atom is -0.326 e. The fourth-order valence-corrected chi connectivity index (χ4v) is 0.604. The number of halogens is 3. The first-order chi connectivity index (χ1) is 5.54. The predicted molar refractivity (Wildman–Crippen MR) is 33.2 cm³/mol. The second-order valence-corrected chi connectivity index (χ2v) is 1.90. The minimum atomic E-state index is -4.54. The Kier molecular flexibility index (Phi) is 2.03. The first-order valence-corrected chi connectivity index (χ1v) is 2.86. The fraction of sp³-hybridized carbons (Fsp3) is 0.200. The van der Waals surface area contributed by atoms with E-state index >= 15 is 0 Å². The number of nitrogens with one attached hydrogen (secondary N) is 1. The maximum Gasteiger partial charge on any atom is 0.504 e. The van der Waals surface area contributed by atoms with E-state index in [0.717, 1.165) is 6.20 Å². The molecule has 0 radical (unpaired) electrons. The molecular formula is C5H4F3N3O. The van der Waals surface area contributed by atoms with Gasteiger partial charge in [0, 0.05) is 0 Å². The zero-order valence-corrected chi connectivity index (χ0v) is 5.67. The van der Waals surface area contributed by atoms with Crippen molar-refractivity contribution in [3.05, 3.63) is 12.4 Å². The maximum atomic E-state index is 11.8. The largest absolute Gasteiger partial charge is 0.504 e. The Morgan fingerprint density at radius 3 is 2.67 bits per heavy atom. The van der Waals surface area contributed by atoms with Crippen molar-refractivity contribution in [3.63, 3.8) is 0 Å². The molecule has 1 heterocycles. The molecule has 0 aliphatic carbocycles. The lowest BCUT2D eigenvalue weighted by Crippen LogP contribution is -2.16. The highest BCUT2D eigenvalue weighted by Gasteiger charge is 2.31. The summed E-state index contributed by atoms with van der Waals surface area (Å²) in [5.74, 6) is 0. The number of carbonyl (C=O) groups is 1. The van der Waals surface area contributed by atoms with Gasteiger partial charge in [-0.05, 0) is 0 Å². The summed E-state index contributed by atoms with van der Waals surface area (Å²) in [5, 5.41) is 5.01. The predicted octanol–water partition coefficient (Wildman–Crippen LogP) is 0.928. The molecule has 12 heavy (non-hydrogen) atoms. The normalized spacial score (nSPS) is 11.2. The van der Waals surface area contributed by atoms with Crippen LogP contribution in [0.2, 0.25) is 0 Å². The standard InChI is InChI=1S/C5H4F3N3O/c6-5(7,8)11-2-4(1-10-11)9-3-12/h1-3H,(H,9,12). The lowest BCUT2D eigenvalue weighted by atomic mass is 10.6. The van der Waals surface area contributed by atoms with Gasteiger partial charge in [0.15, 0.2) is 0 Å². The molecule has 1 amide bonds. The molecule has 0 aliphatic rings. The molecule has 66 valence electrons. The van der Waals surface area contributed by atoms with Gasteiger partial charge in [-0.3, -0.25) is 4.79 Å². The average molecular weight is 179 g/mol. The molecule has 0 aliphatic heterocycles. The van der Waals surface area contributed by atoms with Crippen LogP contribution in [0.25, 0.3) is 0 Å². The third-order valence-corrected chi connectivity index (χ3v) is 1.07. The van der Waals surface area contributed by atoms with E-state index in [1.165, 1.54) is 0 Å². The van der Waals surface area contributed by atoms with Crippen LogP contribution >= 0.6 is 0 Å². The molecule has 0 fully saturated rings. The molecule has 1 rings (SSSR count). The van der Waals surface area contributed by atoms with E-state index < -0.39 is 6.30 Å². The SMILES string of the molecule is O=CNc1cnn(C(F)(F)F)c1. The van der Waals surface area contributed by atoms with Crippen molar-refractivity contribution < 1.29 is 18.0 Å². The number of alkyl halides is 3. The van der Waals surface area contributed by atoms with Gasteiger partial charge in [0.1, 0.15) is 0 Å². The summed E-state index contributed by atoms with van der Waals surface area (Å²) in [7, 11) is 0. The summed E-state index contributed by atoms with van der Waals surface area (Å²) in [5.41, 5.74) is 0.00215. The van der Waals surface area contributed by atoms with E-state index in [2.05, 4.69) is 5.10 Å². The van der Waals surface area contributed by atoms with E-state index in [0.29, 0.717) is 6.20 Å². The van der Waals surface area contributed by atoms with Crippen molar-refractivity contribution in [2.75, 3.05) is 5.32 Å². The summed E-state index contributed by atoms with van der Waals surface area (Å²) >= 11 is 0. The minimum absolute atomic E-state index is 0.00215. The van der Waals surface area contributed by atoms with Gasteiger partial charge in [0.05, 0.1) is 18.1 Å². The Bertz CT molecular complexity index is 280. The van der Waals surface area contributed by atoms with E-state index in [4.69, 9.17) is 0 Å². The van der Waals surface area contributed by atoms with Crippen molar-refractivity contribution in [3.8, 4) is 0 Å². The van der Waals surface area contributed by atoms with Crippen molar-refractivity contribution in [1.82, 2.24) is 9.78 Å². The molecule has 1 aromatic heterocycles. The third kappa shape index (κ3) is 1.74. The highest BCUT2D eigenvalue weighted by atomic mass is 19.4.